The molecule has 2 fully saturated rings. The summed E-state index contributed by atoms with van der Waals surface area (Å²) in [5, 5.41) is 3.06. The molecular weight excluding hydrogens is 266 g/mol. The number of carbonyl (C=O) groups excluding carboxylic acids is 1. The van der Waals surface area contributed by atoms with Gasteiger partial charge in [0.25, 0.3) is 0 Å². The zero-order chi connectivity index (χ0) is 14.5. The Morgan fingerprint density at radius 2 is 1.86 bits per heavy atom. The smallest absolute Gasteiger partial charge is 0.244 e. The molecule has 21 heavy (non-hydrogen) atoms. The van der Waals surface area contributed by atoms with Gasteiger partial charge in [-0.2, -0.15) is 0 Å². The van der Waals surface area contributed by atoms with Gasteiger partial charge in [-0.15, -0.1) is 0 Å². The maximum Gasteiger partial charge on any atom is 0.244 e. The van der Waals surface area contributed by atoms with E-state index in [4.69, 9.17) is 9.47 Å². The van der Waals surface area contributed by atoms with Crippen molar-refractivity contribution >= 4 is 12.0 Å². The van der Waals surface area contributed by atoms with E-state index in [1.54, 1.807) is 6.08 Å². The number of nitrogens with one attached hydrogen (secondary N) is 1. The average Bonchev–Trinajstić information content (AvgIpc) is 2.54. The van der Waals surface area contributed by atoms with E-state index in [-0.39, 0.29) is 24.2 Å². The molecule has 1 aromatic carbocycles. The number of ether oxygens (including phenoxy) is 2. The molecule has 0 bridgehead atoms. The van der Waals surface area contributed by atoms with Crippen molar-refractivity contribution in [2.45, 2.75) is 37.5 Å². The van der Waals surface area contributed by atoms with Crippen LogP contribution in [-0.2, 0) is 14.3 Å². The standard InChI is InChI=1S/C17H21NO3/c19-17(9-6-13-4-2-1-3-5-13)18-14-7-8-15-16(12-14)21-11-10-20-15/h1-6,9,14-16H,7-8,10-12H2,(H,18,19)/b9-6+/t14-,15+,16+/m1/s1. The Morgan fingerprint density at radius 3 is 2.67 bits per heavy atom. The molecule has 3 atom stereocenters. The largest absolute Gasteiger partial charge is 0.373 e. The Hall–Kier alpha value is -1.65. The van der Waals surface area contributed by atoms with Crippen LogP contribution in [0.2, 0.25) is 0 Å². The van der Waals surface area contributed by atoms with Crippen LogP contribution in [0.3, 0.4) is 0 Å². The molecule has 1 saturated carbocycles. The van der Waals surface area contributed by atoms with Crippen LogP contribution in [0.1, 0.15) is 24.8 Å². The van der Waals surface area contributed by atoms with Crippen LogP contribution >= 0.6 is 0 Å². The topological polar surface area (TPSA) is 47.6 Å². The van der Waals surface area contributed by atoms with Crippen molar-refractivity contribution in [2.75, 3.05) is 13.2 Å². The Balaban J connectivity index is 1.50. The normalized spacial score (nSPS) is 29.0. The summed E-state index contributed by atoms with van der Waals surface area (Å²) < 4.78 is 11.4. The van der Waals surface area contributed by atoms with Gasteiger partial charge in [0.1, 0.15) is 0 Å². The van der Waals surface area contributed by atoms with E-state index in [0.717, 1.165) is 24.8 Å². The highest BCUT2D eigenvalue weighted by atomic mass is 16.6. The van der Waals surface area contributed by atoms with E-state index >= 15 is 0 Å². The Morgan fingerprint density at radius 1 is 1.10 bits per heavy atom. The van der Waals surface area contributed by atoms with Crippen LogP contribution in [-0.4, -0.2) is 37.4 Å². The van der Waals surface area contributed by atoms with Crippen molar-refractivity contribution in [2.24, 2.45) is 0 Å². The minimum atomic E-state index is -0.0426. The fraction of sp³-hybridized carbons (Fsp3) is 0.471. The minimum absolute atomic E-state index is 0.0426. The molecule has 4 heteroatoms. The average molecular weight is 287 g/mol. The monoisotopic (exact) mass is 287 g/mol. The van der Waals surface area contributed by atoms with Crippen molar-refractivity contribution in [3.05, 3.63) is 42.0 Å². The SMILES string of the molecule is O=C(/C=C/c1ccccc1)N[C@@H]1CC[C@@H]2OCCO[C@H]2C1. The third-order valence-corrected chi connectivity index (χ3v) is 4.05. The van der Waals surface area contributed by atoms with Gasteiger partial charge in [0.2, 0.25) is 5.91 Å². The predicted molar refractivity (Wildman–Crippen MR) is 80.7 cm³/mol. The lowest BCUT2D eigenvalue weighted by Gasteiger charge is -2.38. The van der Waals surface area contributed by atoms with Crippen LogP contribution in [0.5, 0.6) is 0 Å². The van der Waals surface area contributed by atoms with Gasteiger partial charge in [0, 0.05) is 12.1 Å². The molecule has 0 spiro atoms. The van der Waals surface area contributed by atoms with Crippen molar-refractivity contribution in [3.8, 4) is 0 Å². The number of hydrogen-bond donors (Lipinski definition) is 1. The lowest BCUT2D eigenvalue weighted by atomic mass is 9.89. The van der Waals surface area contributed by atoms with Crippen molar-refractivity contribution < 1.29 is 14.3 Å². The van der Waals surface area contributed by atoms with E-state index in [2.05, 4.69) is 5.32 Å². The first-order valence-corrected chi connectivity index (χ1v) is 7.58. The van der Waals surface area contributed by atoms with Gasteiger partial charge in [0.15, 0.2) is 0 Å². The van der Waals surface area contributed by atoms with Gasteiger partial charge < -0.3 is 14.8 Å². The van der Waals surface area contributed by atoms with Crippen molar-refractivity contribution in [1.29, 1.82) is 0 Å². The first-order valence-electron chi connectivity index (χ1n) is 7.58. The van der Waals surface area contributed by atoms with Gasteiger partial charge >= 0.3 is 0 Å². The fourth-order valence-electron chi connectivity index (χ4n) is 2.98. The summed E-state index contributed by atoms with van der Waals surface area (Å²) >= 11 is 0. The number of benzene rings is 1. The molecule has 3 rings (SSSR count). The third-order valence-electron chi connectivity index (χ3n) is 4.05. The van der Waals surface area contributed by atoms with Crippen molar-refractivity contribution in [1.82, 2.24) is 5.32 Å². The molecule has 1 amide bonds. The maximum absolute atomic E-state index is 12.0. The lowest BCUT2D eigenvalue weighted by molar-refractivity contribution is -0.158. The van der Waals surface area contributed by atoms with Crippen LogP contribution in [0.15, 0.2) is 36.4 Å². The number of amides is 1. The molecule has 1 N–H and O–H groups in total. The first-order chi connectivity index (χ1) is 10.3. The third kappa shape index (κ3) is 3.93. The van der Waals surface area contributed by atoms with Crippen LogP contribution < -0.4 is 5.32 Å². The van der Waals surface area contributed by atoms with E-state index < -0.39 is 0 Å². The molecule has 1 aromatic rings. The highest BCUT2D eigenvalue weighted by molar-refractivity contribution is 5.91. The number of rotatable bonds is 3. The quantitative estimate of drug-likeness (QED) is 0.867. The molecule has 0 radical (unpaired) electrons. The molecule has 1 heterocycles. The second-order valence-electron chi connectivity index (χ2n) is 5.58. The Labute approximate surface area is 125 Å². The summed E-state index contributed by atoms with van der Waals surface area (Å²) in [5.74, 6) is -0.0426. The molecular formula is C17H21NO3. The molecule has 112 valence electrons. The zero-order valence-electron chi connectivity index (χ0n) is 12.0. The first kappa shape index (κ1) is 14.3. The Bertz CT molecular complexity index is 500. The van der Waals surface area contributed by atoms with Crippen LogP contribution in [0.4, 0.5) is 0 Å². The van der Waals surface area contributed by atoms with E-state index in [0.29, 0.717) is 13.2 Å². The highest BCUT2D eigenvalue weighted by Crippen LogP contribution is 2.26. The number of hydrogen-bond acceptors (Lipinski definition) is 3. The lowest BCUT2D eigenvalue weighted by Crippen LogP contribution is -2.49. The second-order valence-corrected chi connectivity index (χ2v) is 5.58. The summed E-state index contributed by atoms with van der Waals surface area (Å²) in [6.07, 6.45) is 6.53. The van der Waals surface area contributed by atoms with Crippen LogP contribution in [0, 0.1) is 0 Å². The summed E-state index contributed by atoms with van der Waals surface area (Å²) in [6, 6.07) is 10.0. The summed E-state index contributed by atoms with van der Waals surface area (Å²) in [6.45, 7) is 1.35. The number of fused-ring (bicyclic) bond motifs is 1. The molecule has 0 unspecified atom stereocenters. The van der Waals surface area contributed by atoms with Gasteiger partial charge in [-0.1, -0.05) is 30.3 Å². The molecule has 0 aromatic heterocycles. The van der Waals surface area contributed by atoms with E-state index in [1.807, 2.05) is 36.4 Å². The molecule has 1 saturated heterocycles. The molecule has 1 aliphatic heterocycles. The summed E-state index contributed by atoms with van der Waals surface area (Å²) in [5.41, 5.74) is 1.03. The zero-order valence-corrected chi connectivity index (χ0v) is 12.0. The minimum Gasteiger partial charge on any atom is -0.373 e. The second kappa shape index (κ2) is 6.87. The fourth-order valence-corrected chi connectivity index (χ4v) is 2.98. The van der Waals surface area contributed by atoms with Gasteiger partial charge in [-0.25, -0.2) is 0 Å². The number of carbonyl (C=O) groups is 1. The summed E-state index contributed by atoms with van der Waals surface area (Å²) in [4.78, 5) is 12.0. The van der Waals surface area contributed by atoms with Gasteiger partial charge in [-0.05, 0) is 30.9 Å². The Kier molecular flexibility index (Phi) is 4.68. The van der Waals surface area contributed by atoms with E-state index in [9.17, 15) is 4.79 Å². The molecule has 4 nitrogen and oxygen atoms in total. The highest BCUT2D eigenvalue weighted by Gasteiger charge is 2.34. The summed E-state index contributed by atoms with van der Waals surface area (Å²) in [7, 11) is 0. The molecule has 1 aliphatic carbocycles. The van der Waals surface area contributed by atoms with Gasteiger partial charge in [-0.3, -0.25) is 4.79 Å². The predicted octanol–water partition coefficient (Wildman–Crippen LogP) is 2.15. The van der Waals surface area contributed by atoms with Crippen LogP contribution in [0.25, 0.3) is 6.08 Å². The maximum atomic E-state index is 12.0. The van der Waals surface area contributed by atoms with E-state index in [1.165, 1.54) is 0 Å². The van der Waals surface area contributed by atoms with Gasteiger partial charge in [0.05, 0.1) is 25.4 Å². The molecule has 2 aliphatic rings. The van der Waals surface area contributed by atoms with Crippen molar-refractivity contribution in [3.63, 3.8) is 0 Å².